The lowest BCUT2D eigenvalue weighted by molar-refractivity contribution is 0.412. The summed E-state index contributed by atoms with van der Waals surface area (Å²) in [7, 11) is 1.69. The molecule has 2 aromatic rings. The first-order chi connectivity index (χ1) is 10.8. The van der Waals surface area contributed by atoms with Crippen LogP contribution in [0, 0.1) is 0 Å². The maximum Gasteiger partial charge on any atom is 0.225 e. The number of rotatable bonds is 5. The molecule has 5 heteroatoms. The van der Waals surface area contributed by atoms with Gasteiger partial charge in [-0.05, 0) is 36.6 Å². The van der Waals surface area contributed by atoms with Gasteiger partial charge >= 0.3 is 0 Å². The van der Waals surface area contributed by atoms with Crippen molar-refractivity contribution in [1.29, 1.82) is 0 Å². The van der Waals surface area contributed by atoms with Gasteiger partial charge in [-0.2, -0.15) is 0 Å². The van der Waals surface area contributed by atoms with Gasteiger partial charge in [-0.15, -0.1) is 0 Å². The zero-order chi connectivity index (χ0) is 15.2. The van der Waals surface area contributed by atoms with Crippen LogP contribution in [0.5, 0.6) is 5.75 Å². The topological polar surface area (TPSA) is 50.3 Å². The highest BCUT2D eigenvalue weighted by atomic mass is 16.5. The third-order valence-electron chi connectivity index (χ3n) is 4.01. The Morgan fingerprint density at radius 3 is 2.73 bits per heavy atom. The van der Waals surface area contributed by atoms with E-state index in [1.54, 1.807) is 19.5 Å². The SMILES string of the molecule is COc1ccc(CN[C@@H]2CCCN(c3ncccn3)C2)cc1. The molecule has 0 bridgehead atoms. The van der Waals surface area contributed by atoms with Gasteiger partial charge < -0.3 is 15.0 Å². The first-order valence-electron chi connectivity index (χ1n) is 7.73. The summed E-state index contributed by atoms with van der Waals surface area (Å²) in [6, 6.07) is 10.5. The molecule has 1 aliphatic heterocycles. The van der Waals surface area contributed by atoms with E-state index in [0.29, 0.717) is 6.04 Å². The van der Waals surface area contributed by atoms with Crippen LogP contribution in [0.2, 0.25) is 0 Å². The Morgan fingerprint density at radius 1 is 1.23 bits per heavy atom. The maximum absolute atomic E-state index is 5.19. The molecular formula is C17H22N4O. The minimum atomic E-state index is 0.472. The van der Waals surface area contributed by atoms with E-state index in [1.165, 1.54) is 18.4 Å². The summed E-state index contributed by atoms with van der Waals surface area (Å²) in [6.07, 6.45) is 5.96. The van der Waals surface area contributed by atoms with Gasteiger partial charge in [-0.25, -0.2) is 9.97 Å². The lowest BCUT2D eigenvalue weighted by Crippen LogP contribution is -2.46. The monoisotopic (exact) mass is 298 g/mol. The molecule has 0 spiro atoms. The summed E-state index contributed by atoms with van der Waals surface area (Å²) in [6.45, 7) is 2.86. The second-order valence-corrected chi connectivity index (χ2v) is 5.56. The van der Waals surface area contributed by atoms with E-state index < -0.39 is 0 Å². The van der Waals surface area contributed by atoms with Gasteiger partial charge in [0, 0.05) is 38.1 Å². The summed E-state index contributed by atoms with van der Waals surface area (Å²) < 4.78 is 5.19. The predicted octanol–water partition coefficient (Wildman–Crippen LogP) is 2.24. The van der Waals surface area contributed by atoms with Crippen LogP contribution in [-0.4, -0.2) is 36.2 Å². The average molecular weight is 298 g/mol. The second kappa shape index (κ2) is 7.22. The summed E-state index contributed by atoms with van der Waals surface area (Å²) in [5, 5.41) is 3.64. The number of anilines is 1. The molecule has 1 atom stereocenters. The van der Waals surface area contributed by atoms with E-state index in [0.717, 1.165) is 31.3 Å². The zero-order valence-corrected chi connectivity index (χ0v) is 12.9. The van der Waals surface area contributed by atoms with Crippen LogP contribution in [0.25, 0.3) is 0 Å². The number of nitrogens with zero attached hydrogens (tertiary/aromatic N) is 3. The van der Waals surface area contributed by atoms with Gasteiger partial charge in [0.2, 0.25) is 5.95 Å². The lowest BCUT2D eigenvalue weighted by atomic mass is 10.1. The molecule has 3 rings (SSSR count). The van der Waals surface area contributed by atoms with E-state index in [9.17, 15) is 0 Å². The molecule has 116 valence electrons. The van der Waals surface area contributed by atoms with Crippen LogP contribution in [0.15, 0.2) is 42.7 Å². The fourth-order valence-electron chi connectivity index (χ4n) is 2.79. The minimum Gasteiger partial charge on any atom is -0.497 e. The summed E-state index contributed by atoms with van der Waals surface area (Å²) in [5.74, 6) is 1.73. The Bertz CT molecular complexity index is 573. The lowest BCUT2D eigenvalue weighted by Gasteiger charge is -2.33. The number of nitrogens with one attached hydrogen (secondary N) is 1. The molecule has 0 saturated carbocycles. The van der Waals surface area contributed by atoms with Crippen LogP contribution >= 0.6 is 0 Å². The molecule has 1 saturated heterocycles. The van der Waals surface area contributed by atoms with Crippen molar-refractivity contribution in [3.05, 3.63) is 48.3 Å². The summed E-state index contributed by atoms with van der Waals surface area (Å²) >= 11 is 0. The van der Waals surface area contributed by atoms with Crippen molar-refractivity contribution < 1.29 is 4.74 Å². The summed E-state index contributed by atoms with van der Waals surface area (Å²) in [5.41, 5.74) is 1.27. The Labute approximate surface area is 131 Å². The van der Waals surface area contributed by atoms with Gasteiger partial charge in [-0.3, -0.25) is 0 Å². The molecule has 5 nitrogen and oxygen atoms in total. The fraction of sp³-hybridized carbons (Fsp3) is 0.412. The van der Waals surface area contributed by atoms with E-state index >= 15 is 0 Å². The highest BCUT2D eigenvalue weighted by molar-refractivity contribution is 5.30. The first kappa shape index (κ1) is 14.8. The van der Waals surface area contributed by atoms with Gasteiger partial charge in [0.05, 0.1) is 7.11 Å². The number of benzene rings is 1. The highest BCUT2D eigenvalue weighted by Crippen LogP contribution is 2.16. The largest absolute Gasteiger partial charge is 0.497 e. The van der Waals surface area contributed by atoms with E-state index in [2.05, 4.69) is 32.3 Å². The van der Waals surface area contributed by atoms with Crippen molar-refractivity contribution in [1.82, 2.24) is 15.3 Å². The Kier molecular flexibility index (Phi) is 4.85. The number of hydrogen-bond acceptors (Lipinski definition) is 5. The first-order valence-corrected chi connectivity index (χ1v) is 7.73. The molecule has 1 aliphatic rings. The smallest absolute Gasteiger partial charge is 0.225 e. The van der Waals surface area contributed by atoms with Crippen molar-refractivity contribution in [2.75, 3.05) is 25.1 Å². The Balaban J connectivity index is 1.54. The van der Waals surface area contributed by atoms with Gasteiger partial charge in [0.15, 0.2) is 0 Å². The molecule has 1 N–H and O–H groups in total. The molecule has 0 aliphatic carbocycles. The number of piperidine rings is 1. The van der Waals surface area contributed by atoms with Crippen LogP contribution in [0.4, 0.5) is 5.95 Å². The average Bonchev–Trinajstić information content (AvgIpc) is 2.61. The highest BCUT2D eigenvalue weighted by Gasteiger charge is 2.20. The maximum atomic E-state index is 5.19. The predicted molar refractivity (Wildman–Crippen MR) is 87.1 cm³/mol. The van der Waals surface area contributed by atoms with Crippen LogP contribution < -0.4 is 15.0 Å². The van der Waals surface area contributed by atoms with Gasteiger partial charge in [0.1, 0.15) is 5.75 Å². The van der Waals surface area contributed by atoms with Crippen molar-refractivity contribution >= 4 is 5.95 Å². The third kappa shape index (κ3) is 3.74. The molecule has 1 aromatic carbocycles. The number of hydrogen-bond donors (Lipinski definition) is 1. The molecule has 1 fully saturated rings. The van der Waals surface area contributed by atoms with Gasteiger partial charge in [-0.1, -0.05) is 12.1 Å². The normalized spacial score (nSPS) is 18.2. The third-order valence-corrected chi connectivity index (χ3v) is 4.01. The van der Waals surface area contributed by atoms with Crippen molar-refractivity contribution in [2.45, 2.75) is 25.4 Å². The van der Waals surface area contributed by atoms with E-state index in [1.807, 2.05) is 18.2 Å². The second-order valence-electron chi connectivity index (χ2n) is 5.56. The van der Waals surface area contributed by atoms with E-state index in [4.69, 9.17) is 4.74 Å². The molecule has 0 amide bonds. The Hall–Kier alpha value is -2.14. The molecule has 2 heterocycles. The Morgan fingerprint density at radius 2 is 2.00 bits per heavy atom. The van der Waals surface area contributed by atoms with Crippen LogP contribution in [0.1, 0.15) is 18.4 Å². The molecule has 0 unspecified atom stereocenters. The molecular weight excluding hydrogens is 276 g/mol. The quantitative estimate of drug-likeness (QED) is 0.917. The van der Waals surface area contributed by atoms with Crippen LogP contribution in [-0.2, 0) is 6.54 Å². The molecule has 0 radical (unpaired) electrons. The molecule has 22 heavy (non-hydrogen) atoms. The van der Waals surface area contributed by atoms with E-state index in [-0.39, 0.29) is 0 Å². The van der Waals surface area contributed by atoms with Gasteiger partial charge in [0.25, 0.3) is 0 Å². The summed E-state index contributed by atoms with van der Waals surface area (Å²) in [4.78, 5) is 11.0. The number of ether oxygens (including phenoxy) is 1. The number of methoxy groups -OCH3 is 1. The minimum absolute atomic E-state index is 0.472. The standard InChI is InChI=1S/C17H22N4O/c1-22-16-7-5-14(6-8-16)12-20-15-4-2-11-21(13-15)17-18-9-3-10-19-17/h3,5-10,15,20H,2,4,11-13H2,1H3/t15-/m1/s1. The fourth-order valence-corrected chi connectivity index (χ4v) is 2.79. The van der Waals surface area contributed by atoms with Crippen molar-refractivity contribution in [2.24, 2.45) is 0 Å². The van der Waals surface area contributed by atoms with Crippen molar-refractivity contribution in [3.8, 4) is 5.75 Å². The number of aromatic nitrogens is 2. The van der Waals surface area contributed by atoms with Crippen molar-refractivity contribution in [3.63, 3.8) is 0 Å². The van der Waals surface area contributed by atoms with Crippen LogP contribution in [0.3, 0.4) is 0 Å². The molecule has 1 aromatic heterocycles. The zero-order valence-electron chi connectivity index (χ0n) is 12.9.